The molecular weight excluding hydrogens is 398 g/mol. The van der Waals surface area contributed by atoms with Crippen molar-refractivity contribution < 1.29 is 4.79 Å². The van der Waals surface area contributed by atoms with Crippen molar-refractivity contribution >= 4 is 35.9 Å². The molecule has 0 aliphatic rings. The number of hydrazone groups is 1. The van der Waals surface area contributed by atoms with Crippen LogP contribution in [0.15, 0.2) is 70.9 Å². The fourth-order valence-corrected chi connectivity index (χ4v) is 3.08. The molecule has 1 heterocycles. The van der Waals surface area contributed by atoms with Crippen LogP contribution in [0, 0.1) is 6.92 Å². The molecule has 0 bridgehead atoms. The highest BCUT2D eigenvalue weighted by Gasteiger charge is 2.11. The largest absolute Gasteiger partial charge is 0.351 e. The van der Waals surface area contributed by atoms with Gasteiger partial charge in [0.05, 0.1) is 5.75 Å². The Kier molecular flexibility index (Phi) is 7.62. The van der Waals surface area contributed by atoms with Gasteiger partial charge in [-0.2, -0.15) is 5.10 Å². The Hall–Kier alpha value is -3.59. The lowest BCUT2D eigenvalue weighted by molar-refractivity contribution is -0.118. The molecule has 30 heavy (non-hydrogen) atoms. The number of rotatable bonds is 9. The van der Waals surface area contributed by atoms with Gasteiger partial charge in [-0.15, -0.1) is 10.2 Å². The quantitative estimate of drug-likeness (QED) is 0.212. The van der Waals surface area contributed by atoms with E-state index in [-0.39, 0.29) is 17.6 Å². The zero-order chi connectivity index (χ0) is 21.2. The number of thioether (sulfide) groups is 1. The lowest BCUT2D eigenvalue weighted by Gasteiger charge is -2.06. The highest BCUT2D eigenvalue weighted by atomic mass is 32.2. The van der Waals surface area contributed by atoms with Crippen molar-refractivity contribution in [2.75, 3.05) is 17.0 Å². The number of aryl methyl sites for hydroxylation is 1. The first-order chi connectivity index (χ1) is 14.6. The number of nitrogens with zero attached hydrogens (tertiary/aromatic N) is 4. The molecule has 3 rings (SSSR count). The normalized spacial score (nSPS) is 11.2. The molecule has 0 unspecified atom stereocenters. The lowest BCUT2D eigenvalue weighted by atomic mass is 10.1. The van der Waals surface area contributed by atoms with Crippen LogP contribution in [0.1, 0.15) is 16.7 Å². The minimum atomic E-state index is -0.109. The summed E-state index contributed by atoms with van der Waals surface area (Å²) in [6, 6.07) is 17.9. The fourth-order valence-electron chi connectivity index (χ4n) is 2.40. The number of hydrogen-bond acceptors (Lipinski definition) is 7. The van der Waals surface area contributed by atoms with Crippen LogP contribution in [0.4, 0.5) is 5.95 Å². The molecule has 4 N–H and O–H groups in total. The second kappa shape index (κ2) is 10.8. The third-order valence-electron chi connectivity index (χ3n) is 4.02. The van der Waals surface area contributed by atoms with Crippen molar-refractivity contribution in [2.45, 2.75) is 18.6 Å². The molecule has 0 aliphatic carbocycles. The predicted octanol–water partition coefficient (Wildman–Crippen LogP) is 2.82. The Morgan fingerprint density at radius 2 is 1.93 bits per heavy atom. The zero-order valence-corrected chi connectivity index (χ0v) is 17.3. The maximum absolute atomic E-state index is 12.1. The molecule has 3 aromatic rings. The topological polar surface area (TPSA) is 110 Å². The van der Waals surface area contributed by atoms with Crippen molar-refractivity contribution in [1.29, 1.82) is 0 Å². The minimum absolute atomic E-state index is 0.109. The SMILES string of the molecule is Cc1ccc(CNC(=O)CSc2nnc(N/N=C/C=C/c3ccccc3)n2N)cc1. The third-order valence-corrected chi connectivity index (χ3v) is 4.96. The molecule has 8 nitrogen and oxygen atoms in total. The summed E-state index contributed by atoms with van der Waals surface area (Å²) in [7, 11) is 0. The van der Waals surface area contributed by atoms with Gasteiger partial charge in [0.15, 0.2) is 0 Å². The Bertz CT molecular complexity index is 1010. The van der Waals surface area contributed by atoms with E-state index >= 15 is 0 Å². The number of amides is 1. The highest BCUT2D eigenvalue weighted by molar-refractivity contribution is 7.99. The van der Waals surface area contributed by atoms with Crippen LogP contribution in [0.3, 0.4) is 0 Å². The summed E-state index contributed by atoms with van der Waals surface area (Å²) in [5, 5.41) is 15.2. The first-order valence-corrected chi connectivity index (χ1v) is 10.3. The number of benzene rings is 2. The van der Waals surface area contributed by atoms with Gasteiger partial charge in [0.25, 0.3) is 5.95 Å². The van der Waals surface area contributed by atoms with Crippen LogP contribution >= 0.6 is 11.8 Å². The Morgan fingerprint density at radius 1 is 1.17 bits per heavy atom. The van der Waals surface area contributed by atoms with Crippen LogP contribution in [-0.4, -0.2) is 32.7 Å². The standard InChI is InChI=1S/C21H23N7OS/c1-16-9-11-18(12-10-16)14-23-19(29)15-30-21-27-26-20(28(21)22)25-24-13-5-8-17-6-3-2-4-7-17/h2-13H,14-15,22H2,1H3,(H,23,29)(H,25,26)/b8-5+,24-13+. The summed E-state index contributed by atoms with van der Waals surface area (Å²) in [4.78, 5) is 12.1. The van der Waals surface area contributed by atoms with Gasteiger partial charge < -0.3 is 11.2 Å². The maximum Gasteiger partial charge on any atom is 0.264 e. The van der Waals surface area contributed by atoms with E-state index in [4.69, 9.17) is 5.84 Å². The molecule has 0 saturated carbocycles. The van der Waals surface area contributed by atoms with Crippen LogP contribution in [-0.2, 0) is 11.3 Å². The van der Waals surface area contributed by atoms with Gasteiger partial charge in [0.2, 0.25) is 11.1 Å². The Morgan fingerprint density at radius 3 is 2.70 bits per heavy atom. The molecule has 9 heteroatoms. The van der Waals surface area contributed by atoms with Gasteiger partial charge in [-0.05, 0) is 24.1 Å². The van der Waals surface area contributed by atoms with Gasteiger partial charge in [0.1, 0.15) is 0 Å². The van der Waals surface area contributed by atoms with Crippen molar-refractivity contribution in [3.63, 3.8) is 0 Å². The molecule has 0 aliphatic heterocycles. The summed E-state index contributed by atoms with van der Waals surface area (Å²) in [6.45, 7) is 2.50. The van der Waals surface area contributed by atoms with Gasteiger partial charge >= 0.3 is 0 Å². The molecule has 154 valence electrons. The zero-order valence-electron chi connectivity index (χ0n) is 16.5. The number of aromatic nitrogens is 3. The number of hydrogen-bond donors (Lipinski definition) is 3. The number of nitrogen functional groups attached to an aromatic ring is 1. The van der Waals surface area contributed by atoms with Crippen molar-refractivity contribution in [1.82, 2.24) is 20.2 Å². The first kappa shape index (κ1) is 21.1. The Balaban J connectivity index is 1.43. The second-order valence-electron chi connectivity index (χ2n) is 6.39. The molecule has 0 atom stereocenters. The minimum Gasteiger partial charge on any atom is -0.351 e. The van der Waals surface area contributed by atoms with E-state index in [0.29, 0.717) is 11.7 Å². The summed E-state index contributed by atoms with van der Waals surface area (Å²) in [5.74, 6) is 6.31. The highest BCUT2D eigenvalue weighted by Crippen LogP contribution is 2.16. The molecule has 0 fully saturated rings. The molecule has 0 radical (unpaired) electrons. The number of anilines is 1. The van der Waals surface area contributed by atoms with E-state index in [0.717, 1.165) is 11.1 Å². The van der Waals surface area contributed by atoms with E-state index in [1.807, 2.05) is 67.6 Å². The summed E-state index contributed by atoms with van der Waals surface area (Å²) in [6.07, 6.45) is 5.31. The second-order valence-corrected chi connectivity index (χ2v) is 7.33. The fraction of sp³-hybridized carbons (Fsp3) is 0.143. The monoisotopic (exact) mass is 421 g/mol. The number of carbonyl (C=O) groups excluding carboxylic acids is 1. The average Bonchev–Trinajstić information content (AvgIpc) is 3.12. The van der Waals surface area contributed by atoms with Crippen molar-refractivity contribution in [2.24, 2.45) is 5.10 Å². The molecule has 0 spiro atoms. The van der Waals surface area contributed by atoms with Gasteiger partial charge in [0, 0.05) is 12.8 Å². The summed E-state index contributed by atoms with van der Waals surface area (Å²) < 4.78 is 1.26. The van der Waals surface area contributed by atoms with Gasteiger partial charge in [-0.3, -0.25) is 4.79 Å². The molecular formula is C21H23N7OS. The van der Waals surface area contributed by atoms with Crippen LogP contribution in [0.5, 0.6) is 0 Å². The van der Waals surface area contributed by atoms with Crippen LogP contribution in [0.25, 0.3) is 6.08 Å². The molecule has 2 aromatic carbocycles. The molecule has 0 saturated heterocycles. The van der Waals surface area contributed by atoms with E-state index in [9.17, 15) is 4.79 Å². The van der Waals surface area contributed by atoms with Gasteiger partial charge in [-0.1, -0.05) is 78.0 Å². The third kappa shape index (κ3) is 6.49. The van der Waals surface area contributed by atoms with Gasteiger partial charge in [-0.25, -0.2) is 10.1 Å². The van der Waals surface area contributed by atoms with E-state index in [2.05, 4.69) is 26.0 Å². The van der Waals surface area contributed by atoms with Crippen molar-refractivity contribution in [3.05, 3.63) is 77.4 Å². The number of nitrogens with one attached hydrogen (secondary N) is 2. The van der Waals surface area contributed by atoms with Crippen LogP contribution < -0.4 is 16.6 Å². The lowest BCUT2D eigenvalue weighted by Crippen LogP contribution is -2.25. The first-order valence-electron chi connectivity index (χ1n) is 9.28. The predicted molar refractivity (Wildman–Crippen MR) is 122 cm³/mol. The Labute approximate surface area is 179 Å². The number of carbonyl (C=O) groups is 1. The molecule has 1 aromatic heterocycles. The smallest absolute Gasteiger partial charge is 0.264 e. The van der Waals surface area contributed by atoms with Crippen LogP contribution in [0.2, 0.25) is 0 Å². The van der Waals surface area contributed by atoms with E-state index < -0.39 is 0 Å². The average molecular weight is 422 g/mol. The van der Waals surface area contributed by atoms with E-state index in [1.54, 1.807) is 12.3 Å². The summed E-state index contributed by atoms with van der Waals surface area (Å²) >= 11 is 1.20. The maximum atomic E-state index is 12.1. The summed E-state index contributed by atoms with van der Waals surface area (Å²) in [5.41, 5.74) is 6.03. The van der Waals surface area contributed by atoms with Crippen molar-refractivity contribution in [3.8, 4) is 0 Å². The van der Waals surface area contributed by atoms with E-state index in [1.165, 1.54) is 22.0 Å². The number of allylic oxidation sites excluding steroid dienone is 1. The number of nitrogens with two attached hydrogens (primary N) is 1. The molecule has 1 amide bonds.